The van der Waals surface area contributed by atoms with Gasteiger partial charge in [0.15, 0.2) is 5.13 Å². The zero-order chi connectivity index (χ0) is 15.5. The highest BCUT2D eigenvalue weighted by atomic mass is 32.1. The summed E-state index contributed by atoms with van der Waals surface area (Å²) < 4.78 is 0. The summed E-state index contributed by atoms with van der Waals surface area (Å²) in [6.07, 6.45) is 1.77. The lowest BCUT2D eigenvalue weighted by atomic mass is 9.92. The van der Waals surface area contributed by atoms with Gasteiger partial charge in [-0.3, -0.25) is 4.79 Å². The number of thiazole rings is 1. The minimum Gasteiger partial charge on any atom is -0.385 e. The predicted octanol–water partition coefficient (Wildman–Crippen LogP) is 3.50. The van der Waals surface area contributed by atoms with Crippen molar-refractivity contribution in [1.29, 1.82) is 0 Å². The normalized spacial score (nSPS) is 14.0. The third kappa shape index (κ3) is 4.12. The van der Waals surface area contributed by atoms with Crippen molar-refractivity contribution in [3.05, 3.63) is 47.0 Å². The van der Waals surface area contributed by atoms with Gasteiger partial charge in [0.2, 0.25) is 5.91 Å². The molecule has 0 saturated heterocycles. The molecule has 1 aromatic carbocycles. The molecule has 2 aromatic rings. The Labute approximate surface area is 128 Å². The van der Waals surface area contributed by atoms with E-state index in [4.69, 9.17) is 0 Å². The number of anilines is 1. The van der Waals surface area contributed by atoms with Crippen LogP contribution in [-0.2, 0) is 10.4 Å². The molecule has 5 heteroatoms. The van der Waals surface area contributed by atoms with Crippen LogP contribution in [0.15, 0.2) is 36.5 Å². The molecule has 0 fully saturated rings. The highest BCUT2D eigenvalue weighted by molar-refractivity contribution is 7.15. The molecular formula is C16H20N2O2S. The molecule has 112 valence electrons. The van der Waals surface area contributed by atoms with E-state index in [2.05, 4.69) is 24.1 Å². The Morgan fingerprint density at radius 3 is 2.62 bits per heavy atom. The number of hydrogen-bond donors (Lipinski definition) is 2. The molecule has 2 rings (SSSR count). The maximum absolute atomic E-state index is 12.1. The molecule has 1 heterocycles. The maximum atomic E-state index is 12.1. The van der Waals surface area contributed by atoms with Gasteiger partial charge in [-0.25, -0.2) is 4.98 Å². The Morgan fingerprint density at radius 2 is 2.05 bits per heavy atom. The number of rotatable bonds is 5. The molecule has 1 aromatic heterocycles. The molecule has 0 saturated carbocycles. The minimum absolute atomic E-state index is 0.00634. The summed E-state index contributed by atoms with van der Waals surface area (Å²) >= 11 is 1.47. The molecule has 0 radical (unpaired) electrons. The van der Waals surface area contributed by atoms with E-state index < -0.39 is 5.60 Å². The molecule has 4 nitrogen and oxygen atoms in total. The van der Waals surface area contributed by atoms with Crippen molar-refractivity contribution in [2.24, 2.45) is 0 Å². The van der Waals surface area contributed by atoms with Crippen molar-refractivity contribution in [3.8, 4) is 0 Å². The van der Waals surface area contributed by atoms with Gasteiger partial charge in [-0.2, -0.15) is 0 Å². The van der Waals surface area contributed by atoms with Crippen LogP contribution in [-0.4, -0.2) is 16.0 Å². The fraction of sp³-hybridized carbons (Fsp3) is 0.375. The number of nitrogens with one attached hydrogen (secondary N) is 1. The van der Waals surface area contributed by atoms with Crippen LogP contribution in [0.2, 0.25) is 0 Å². The van der Waals surface area contributed by atoms with Gasteiger partial charge in [0.05, 0.1) is 12.0 Å². The molecule has 0 aliphatic rings. The van der Waals surface area contributed by atoms with E-state index in [1.165, 1.54) is 11.3 Å². The van der Waals surface area contributed by atoms with Crippen molar-refractivity contribution in [3.63, 3.8) is 0 Å². The number of benzene rings is 1. The molecule has 1 amide bonds. The maximum Gasteiger partial charge on any atom is 0.229 e. The molecule has 21 heavy (non-hydrogen) atoms. The van der Waals surface area contributed by atoms with Gasteiger partial charge < -0.3 is 10.4 Å². The van der Waals surface area contributed by atoms with Gasteiger partial charge in [0, 0.05) is 11.1 Å². The Morgan fingerprint density at radius 1 is 1.38 bits per heavy atom. The second kappa shape index (κ2) is 6.37. The molecular weight excluding hydrogens is 284 g/mol. The summed E-state index contributed by atoms with van der Waals surface area (Å²) in [4.78, 5) is 17.4. The molecule has 0 aliphatic heterocycles. The average Bonchev–Trinajstić information content (AvgIpc) is 2.87. The first-order valence-corrected chi connectivity index (χ1v) is 7.73. The highest BCUT2D eigenvalue weighted by Crippen LogP contribution is 2.27. The Balaban J connectivity index is 2.00. The number of carbonyl (C=O) groups is 1. The highest BCUT2D eigenvalue weighted by Gasteiger charge is 2.26. The van der Waals surface area contributed by atoms with Crippen molar-refractivity contribution < 1.29 is 9.90 Å². The van der Waals surface area contributed by atoms with Gasteiger partial charge in [-0.15, -0.1) is 11.3 Å². The fourth-order valence-electron chi connectivity index (χ4n) is 1.99. The number of hydrogen-bond acceptors (Lipinski definition) is 4. The summed E-state index contributed by atoms with van der Waals surface area (Å²) in [5, 5.41) is 13.8. The second-order valence-electron chi connectivity index (χ2n) is 5.59. The smallest absolute Gasteiger partial charge is 0.229 e. The quantitative estimate of drug-likeness (QED) is 0.888. The lowest BCUT2D eigenvalue weighted by Crippen LogP contribution is -2.28. The molecule has 1 unspecified atom stereocenters. The molecule has 2 N–H and O–H groups in total. The van der Waals surface area contributed by atoms with E-state index >= 15 is 0 Å². The summed E-state index contributed by atoms with van der Waals surface area (Å²) in [5.74, 6) is 0.147. The minimum atomic E-state index is -1.19. The van der Waals surface area contributed by atoms with Crippen LogP contribution in [0.25, 0.3) is 0 Å². The van der Waals surface area contributed by atoms with E-state index in [0.29, 0.717) is 11.0 Å². The lowest BCUT2D eigenvalue weighted by Gasteiger charge is -2.22. The van der Waals surface area contributed by atoms with Crippen LogP contribution in [0.4, 0.5) is 5.13 Å². The Hall–Kier alpha value is -1.72. The van der Waals surface area contributed by atoms with Gasteiger partial charge in [-0.05, 0) is 18.4 Å². The summed E-state index contributed by atoms with van der Waals surface area (Å²) in [6.45, 7) is 5.81. The topological polar surface area (TPSA) is 62.2 Å². The van der Waals surface area contributed by atoms with E-state index in [9.17, 15) is 9.90 Å². The van der Waals surface area contributed by atoms with Gasteiger partial charge in [-0.1, -0.05) is 44.2 Å². The molecule has 0 aliphatic carbocycles. The van der Waals surface area contributed by atoms with Crippen LogP contribution < -0.4 is 5.32 Å². The summed E-state index contributed by atoms with van der Waals surface area (Å²) in [5.41, 5.74) is -0.467. The summed E-state index contributed by atoms with van der Waals surface area (Å²) in [7, 11) is 0. The van der Waals surface area contributed by atoms with E-state index in [1.54, 1.807) is 13.1 Å². The van der Waals surface area contributed by atoms with Crippen LogP contribution in [0.1, 0.15) is 43.6 Å². The first-order valence-electron chi connectivity index (χ1n) is 6.92. The number of amides is 1. The number of nitrogens with zero attached hydrogens (tertiary/aromatic N) is 1. The Bertz CT molecular complexity index is 606. The molecule has 1 atom stereocenters. The van der Waals surface area contributed by atoms with Crippen LogP contribution in [0.5, 0.6) is 0 Å². The van der Waals surface area contributed by atoms with E-state index in [-0.39, 0.29) is 12.3 Å². The van der Waals surface area contributed by atoms with Crippen molar-refractivity contribution in [2.75, 3.05) is 5.32 Å². The lowest BCUT2D eigenvalue weighted by molar-refractivity contribution is -0.120. The van der Waals surface area contributed by atoms with Gasteiger partial charge >= 0.3 is 0 Å². The third-order valence-corrected chi connectivity index (χ3v) is 4.45. The largest absolute Gasteiger partial charge is 0.385 e. The molecule has 0 bridgehead atoms. The van der Waals surface area contributed by atoms with Crippen molar-refractivity contribution in [1.82, 2.24) is 4.98 Å². The second-order valence-corrected chi connectivity index (χ2v) is 6.65. The fourth-order valence-corrected chi connectivity index (χ4v) is 2.82. The Kier molecular flexibility index (Phi) is 4.75. The number of aromatic nitrogens is 1. The first-order chi connectivity index (χ1) is 9.88. The van der Waals surface area contributed by atoms with Gasteiger partial charge in [0.1, 0.15) is 0 Å². The molecule has 0 spiro atoms. The number of carbonyl (C=O) groups excluding carboxylic acids is 1. The van der Waals surface area contributed by atoms with E-state index in [1.807, 2.05) is 30.3 Å². The summed E-state index contributed by atoms with van der Waals surface area (Å²) in [6, 6.07) is 9.19. The predicted molar refractivity (Wildman–Crippen MR) is 85.5 cm³/mol. The monoisotopic (exact) mass is 304 g/mol. The van der Waals surface area contributed by atoms with Crippen LogP contribution in [0.3, 0.4) is 0 Å². The van der Waals surface area contributed by atoms with E-state index in [0.717, 1.165) is 10.4 Å². The van der Waals surface area contributed by atoms with Gasteiger partial charge in [0.25, 0.3) is 0 Å². The zero-order valence-corrected chi connectivity index (χ0v) is 13.3. The van der Waals surface area contributed by atoms with Crippen molar-refractivity contribution in [2.45, 2.75) is 38.7 Å². The average molecular weight is 304 g/mol. The SMILES string of the molecule is CC(C)c1cnc(NC(=O)CC(C)(O)c2ccccc2)s1. The first kappa shape index (κ1) is 15.7. The standard InChI is InChI=1S/C16H20N2O2S/c1-11(2)13-10-17-15(21-13)18-14(19)9-16(3,20)12-7-5-4-6-8-12/h4-8,10-11,20H,9H2,1-3H3,(H,17,18,19). The van der Waals surface area contributed by atoms with Crippen molar-refractivity contribution >= 4 is 22.4 Å². The zero-order valence-electron chi connectivity index (χ0n) is 12.5. The number of aliphatic hydroxyl groups is 1. The van der Waals surface area contributed by atoms with Crippen LogP contribution >= 0.6 is 11.3 Å². The van der Waals surface area contributed by atoms with Crippen LogP contribution in [0, 0.1) is 0 Å². The third-order valence-electron chi connectivity index (χ3n) is 3.24.